The normalized spacial score (nSPS) is 12.2. The monoisotopic (exact) mass is 1000 g/mol. The summed E-state index contributed by atoms with van der Waals surface area (Å²) >= 11 is 0. The Labute approximate surface area is 453 Å². The van der Waals surface area contributed by atoms with Crippen molar-refractivity contribution in [3.8, 4) is 62.1 Å². The molecular formula is C72H64N4O. The molecule has 0 atom stereocenters. The van der Waals surface area contributed by atoms with Crippen LogP contribution in [0.1, 0.15) is 77.6 Å². The van der Waals surface area contributed by atoms with Gasteiger partial charge < -0.3 is 4.74 Å². The Morgan fingerprint density at radius 3 is 1.79 bits per heavy atom. The van der Waals surface area contributed by atoms with Crippen LogP contribution < -0.4 is 9.30 Å². The standard InChI is InChI=1S/C72H64N4O/c1-70(2,3)55-41-53(42-56(44-55)71(4,5)6)61-32-21-31-60(51-24-14-10-15-25-51)69(61)75-48-74(65-37-34-52(43-67(65)75)50-22-12-9-13-23-50)57-28-20-29-58(45-57)77-59-35-36-63-62-30-18-19-33-64(62)76(66(63)46-59)68-40-49(38-39-73-68)47-72(7,8)54-26-16-11-17-27-54/h9-46H,47H2,1-8H3. The lowest BCUT2D eigenvalue weighted by Crippen LogP contribution is -2.31. The van der Waals surface area contributed by atoms with Gasteiger partial charge in [0, 0.05) is 23.0 Å². The predicted octanol–water partition coefficient (Wildman–Crippen LogP) is 18.1. The zero-order valence-electron chi connectivity index (χ0n) is 45.3. The fourth-order valence-corrected chi connectivity index (χ4v) is 11.1. The molecule has 3 aromatic heterocycles. The summed E-state index contributed by atoms with van der Waals surface area (Å²) in [6.07, 6.45) is 6.78. The van der Waals surface area contributed by atoms with Gasteiger partial charge in [0.2, 0.25) is 0 Å². The Hall–Kier alpha value is -8.80. The van der Waals surface area contributed by atoms with Gasteiger partial charge in [-0.2, -0.15) is 0 Å². The molecule has 0 saturated heterocycles. The van der Waals surface area contributed by atoms with Crippen LogP contribution in [0, 0.1) is 6.33 Å². The van der Waals surface area contributed by atoms with Crippen molar-refractivity contribution in [2.75, 3.05) is 0 Å². The van der Waals surface area contributed by atoms with E-state index in [1.54, 1.807) is 0 Å². The van der Waals surface area contributed by atoms with Crippen LogP contribution in [0.2, 0.25) is 0 Å². The molecule has 0 amide bonds. The quantitative estimate of drug-likeness (QED) is 0.0956. The van der Waals surface area contributed by atoms with Crippen LogP contribution in [-0.4, -0.2) is 14.1 Å². The summed E-state index contributed by atoms with van der Waals surface area (Å²) < 4.78 is 13.7. The lowest BCUT2D eigenvalue weighted by atomic mass is 9.78. The smallest absolute Gasteiger partial charge is 0.269 e. The van der Waals surface area contributed by atoms with Crippen molar-refractivity contribution in [1.82, 2.24) is 14.1 Å². The minimum Gasteiger partial charge on any atom is -0.458 e. The maximum Gasteiger partial charge on any atom is 0.269 e. The van der Waals surface area contributed by atoms with Crippen molar-refractivity contribution in [2.45, 2.75) is 78.1 Å². The van der Waals surface area contributed by atoms with Crippen LogP contribution >= 0.6 is 0 Å². The summed E-state index contributed by atoms with van der Waals surface area (Å²) in [5, 5.41) is 2.31. The lowest BCUT2D eigenvalue weighted by molar-refractivity contribution is -0.571. The molecule has 0 N–H and O–H groups in total. The van der Waals surface area contributed by atoms with Gasteiger partial charge in [0.1, 0.15) is 17.3 Å². The van der Waals surface area contributed by atoms with Crippen molar-refractivity contribution in [2.24, 2.45) is 0 Å². The van der Waals surface area contributed by atoms with Crippen LogP contribution in [0.4, 0.5) is 0 Å². The highest BCUT2D eigenvalue weighted by molar-refractivity contribution is 6.09. The van der Waals surface area contributed by atoms with E-state index in [9.17, 15) is 0 Å². The van der Waals surface area contributed by atoms with Crippen LogP contribution in [0.3, 0.4) is 0 Å². The molecule has 0 saturated carbocycles. The number of imidazole rings is 1. The predicted molar refractivity (Wildman–Crippen MR) is 319 cm³/mol. The minimum atomic E-state index is -0.0616. The molecule has 0 aliphatic carbocycles. The average Bonchev–Trinajstić information content (AvgIpc) is 4.10. The molecule has 12 rings (SSSR count). The Balaban J connectivity index is 0.992. The fraction of sp³-hybridized carbons (Fsp3) is 0.167. The summed E-state index contributed by atoms with van der Waals surface area (Å²) in [4.78, 5) is 5.00. The topological polar surface area (TPSA) is 35.9 Å². The van der Waals surface area contributed by atoms with E-state index < -0.39 is 0 Å². The highest BCUT2D eigenvalue weighted by Crippen LogP contribution is 2.41. The molecule has 0 fully saturated rings. The summed E-state index contributed by atoms with van der Waals surface area (Å²) in [6, 6.07) is 80.7. The first-order valence-electron chi connectivity index (χ1n) is 26.9. The molecule has 0 radical (unpaired) electrons. The van der Waals surface area contributed by atoms with Gasteiger partial charge in [-0.15, -0.1) is 0 Å². The van der Waals surface area contributed by atoms with Crippen LogP contribution in [0.25, 0.3) is 83.4 Å². The Morgan fingerprint density at radius 2 is 1.08 bits per heavy atom. The Morgan fingerprint density at radius 1 is 0.455 bits per heavy atom. The number of hydrogen-bond acceptors (Lipinski definition) is 2. The largest absolute Gasteiger partial charge is 0.458 e. The second kappa shape index (κ2) is 19.4. The number of ether oxygens (including phenoxy) is 1. The zero-order chi connectivity index (χ0) is 53.1. The molecule has 0 unspecified atom stereocenters. The van der Waals surface area contributed by atoms with E-state index in [1.807, 2.05) is 12.3 Å². The number of para-hydroxylation sites is 2. The summed E-state index contributed by atoms with van der Waals surface area (Å²) in [5.74, 6) is 2.33. The number of rotatable bonds is 11. The number of hydrogen-bond donors (Lipinski definition) is 0. The molecule has 0 aliphatic rings. The number of pyridine rings is 1. The number of benzene rings is 9. The van der Waals surface area contributed by atoms with Gasteiger partial charge >= 0.3 is 0 Å². The molecular weight excluding hydrogens is 937 g/mol. The van der Waals surface area contributed by atoms with E-state index in [1.165, 1.54) is 33.2 Å². The van der Waals surface area contributed by atoms with E-state index in [0.29, 0.717) is 0 Å². The SMILES string of the molecule is CC(C)(C)c1cc(-c2cccc(-c3ccccc3)c2-[n+]2[c-]n(-c3cccc(Oc4ccc5c6ccccc6n(-c6cc(CC(C)(C)c7ccccc7)ccn6)c5c4)c3)c3ccc(-c4ccccc4)cc32)cc(C(C)(C)C)c1. The third-order valence-electron chi connectivity index (χ3n) is 15.3. The molecule has 0 spiro atoms. The van der Waals surface area contributed by atoms with Gasteiger partial charge in [-0.05, 0) is 133 Å². The van der Waals surface area contributed by atoms with E-state index in [4.69, 9.17) is 9.72 Å². The zero-order valence-corrected chi connectivity index (χ0v) is 45.3. The third-order valence-corrected chi connectivity index (χ3v) is 15.3. The Bertz CT molecular complexity index is 4100. The minimum absolute atomic E-state index is 0.0585. The van der Waals surface area contributed by atoms with Crippen LogP contribution in [0.5, 0.6) is 11.5 Å². The third kappa shape index (κ3) is 9.52. The second-order valence-electron chi connectivity index (χ2n) is 23.3. The second-order valence-corrected chi connectivity index (χ2v) is 23.3. The van der Waals surface area contributed by atoms with Crippen molar-refractivity contribution < 1.29 is 9.30 Å². The molecule has 378 valence electrons. The Kier molecular flexibility index (Phi) is 12.4. The van der Waals surface area contributed by atoms with Gasteiger partial charge in [0.25, 0.3) is 6.33 Å². The molecule has 77 heavy (non-hydrogen) atoms. The van der Waals surface area contributed by atoms with Crippen molar-refractivity contribution in [3.63, 3.8) is 0 Å². The molecule has 9 aromatic carbocycles. The van der Waals surface area contributed by atoms with Crippen molar-refractivity contribution >= 4 is 32.8 Å². The molecule has 12 aromatic rings. The van der Waals surface area contributed by atoms with E-state index >= 15 is 0 Å². The molecule has 0 aliphatic heterocycles. The first kappa shape index (κ1) is 49.1. The molecule has 5 nitrogen and oxygen atoms in total. The number of fused-ring (bicyclic) bond motifs is 4. The maximum atomic E-state index is 6.92. The summed E-state index contributed by atoms with van der Waals surface area (Å²) in [5.41, 5.74) is 18.0. The van der Waals surface area contributed by atoms with Gasteiger partial charge in [-0.3, -0.25) is 13.7 Å². The first-order chi connectivity index (χ1) is 37.2. The molecule has 0 bridgehead atoms. The average molecular weight is 1000 g/mol. The van der Waals surface area contributed by atoms with Crippen molar-refractivity contribution in [1.29, 1.82) is 0 Å². The van der Waals surface area contributed by atoms with Crippen LogP contribution in [0.15, 0.2) is 231 Å². The van der Waals surface area contributed by atoms with Gasteiger partial charge in [-0.25, -0.2) is 4.98 Å². The van der Waals surface area contributed by atoms with E-state index in [2.05, 4.69) is 294 Å². The highest BCUT2D eigenvalue weighted by Gasteiger charge is 2.26. The van der Waals surface area contributed by atoms with Gasteiger partial charge in [0.05, 0.1) is 33.4 Å². The first-order valence-corrected chi connectivity index (χ1v) is 26.9. The maximum absolute atomic E-state index is 6.92. The van der Waals surface area contributed by atoms with Gasteiger partial charge in [0.15, 0.2) is 0 Å². The van der Waals surface area contributed by atoms with Gasteiger partial charge in [-0.1, -0.05) is 219 Å². The number of aromatic nitrogens is 4. The molecule has 5 heteroatoms. The van der Waals surface area contributed by atoms with Crippen LogP contribution in [-0.2, 0) is 22.7 Å². The van der Waals surface area contributed by atoms with E-state index in [0.717, 1.165) is 90.4 Å². The number of nitrogens with zero attached hydrogens (tertiary/aromatic N) is 4. The summed E-state index contributed by atoms with van der Waals surface area (Å²) in [6.45, 7) is 18.5. The lowest BCUT2D eigenvalue weighted by Gasteiger charge is -2.27. The highest BCUT2D eigenvalue weighted by atomic mass is 16.5. The summed E-state index contributed by atoms with van der Waals surface area (Å²) in [7, 11) is 0. The molecule has 3 heterocycles. The fourth-order valence-electron chi connectivity index (χ4n) is 11.1. The van der Waals surface area contributed by atoms with E-state index in [-0.39, 0.29) is 16.2 Å². The van der Waals surface area contributed by atoms with Crippen molar-refractivity contribution in [3.05, 3.63) is 259 Å².